The predicted molar refractivity (Wildman–Crippen MR) is 106 cm³/mol. The van der Waals surface area contributed by atoms with Gasteiger partial charge >= 0.3 is 12.4 Å². The molecule has 1 aliphatic rings. The average Bonchev–Trinajstić information content (AvgIpc) is 3.35. The molecule has 2 N–H and O–H groups in total. The first-order valence-electron chi connectivity index (χ1n) is 10.2. The molecule has 4 rings (SSSR count). The van der Waals surface area contributed by atoms with Crippen LogP contribution < -0.4 is 10.6 Å². The van der Waals surface area contributed by atoms with Gasteiger partial charge in [0.2, 0.25) is 0 Å². The molecule has 3 heterocycles. The molecule has 0 aromatic carbocycles. The molecule has 178 valence electrons. The molecule has 1 amide bonds. The summed E-state index contributed by atoms with van der Waals surface area (Å²) in [6.07, 6.45) is -4.61. The summed E-state index contributed by atoms with van der Waals surface area (Å²) in [7, 11) is 0. The van der Waals surface area contributed by atoms with Crippen LogP contribution in [0.25, 0.3) is 5.65 Å². The number of hydrogen-bond donors (Lipinski definition) is 2. The Morgan fingerprint density at radius 3 is 2.39 bits per heavy atom. The molecule has 3 aromatic heterocycles. The van der Waals surface area contributed by atoms with Gasteiger partial charge in [0.25, 0.3) is 5.91 Å². The van der Waals surface area contributed by atoms with Crippen molar-refractivity contribution in [2.75, 3.05) is 5.32 Å². The van der Waals surface area contributed by atoms with Crippen LogP contribution in [0.15, 0.2) is 36.7 Å². The van der Waals surface area contributed by atoms with Crippen molar-refractivity contribution in [1.82, 2.24) is 24.5 Å². The number of alkyl halides is 6. The van der Waals surface area contributed by atoms with E-state index in [0.717, 1.165) is 12.4 Å². The van der Waals surface area contributed by atoms with E-state index in [9.17, 15) is 31.1 Å². The van der Waals surface area contributed by atoms with Gasteiger partial charge in [-0.05, 0) is 43.9 Å². The lowest BCUT2D eigenvalue weighted by atomic mass is 9.91. The number of imidazole rings is 1. The van der Waals surface area contributed by atoms with Crippen LogP contribution in [0.4, 0.5) is 32.2 Å². The van der Waals surface area contributed by atoms with Crippen LogP contribution in [0.5, 0.6) is 0 Å². The molecular weight excluding hydrogens is 454 g/mol. The summed E-state index contributed by atoms with van der Waals surface area (Å²) in [4.78, 5) is 16.0. The molecule has 0 bridgehead atoms. The lowest BCUT2D eigenvalue weighted by Crippen LogP contribution is -2.41. The number of amides is 1. The van der Waals surface area contributed by atoms with E-state index >= 15 is 0 Å². The molecule has 13 heteroatoms. The second kappa shape index (κ2) is 8.60. The minimum atomic E-state index is -4.55. The second-order valence-electron chi connectivity index (χ2n) is 7.92. The molecule has 0 unspecified atom stereocenters. The van der Waals surface area contributed by atoms with E-state index < -0.39 is 30.5 Å². The molecule has 1 fully saturated rings. The highest BCUT2D eigenvalue weighted by Crippen LogP contribution is 2.30. The van der Waals surface area contributed by atoms with Gasteiger partial charge < -0.3 is 10.6 Å². The third-order valence-corrected chi connectivity index (χ3v) is 5.48. The Hall–Kier alpha value is -3.25. The number of halogens is 6. The zero-order valence-electron chi connectivity index (χ0n) is 17.1. The molecule has 0 atom stereocenters. The van der Waals surface area contributed by atoms with Crippen LogP contribution >= 0.6 is 0 Å². The molecule has 1 aliphatic carbocycles. The van der Waals surface area contributed by atoms with Crippen molar-refractivity contribution >= 4 is 17.4 Å². The first-order valence-corrected chi connectivity index (χ1v) is 10.2. The van der Waals surface area contributed by atoms with E-state index in [2.05, 4.69) is 20.7 Å². The zero-order chi connectivity index (χ0) is 23.8. The summed E-state index contributed by atoms with van der Waals surface area (Å²) in [5.74, 6) is -0.157. The maximum atomic E-state index is 13.0. The minimum absolute atomic E-state index is 0.0451. The lowest BCUT2D eigenvalue weighted by molar-refractivity contribution is -0.143. The summed E-state index contributed by atoms with van der Waals surface area (Å²) in [5.41, 5.74) is -0.975. The van der Waals surface area contributed by atoms with Crippen LogP contribution in [-0.4, -0.2) is 43.3 Å². The Morgan fingerprint density at radius 2 is 1.73 bits per heavy atom. The van der Waals surface area contributed by atoms with Gasteiger partial charge in [-0.15, -0.1) is 0 Å². The van der Waals surface area contributed by atoms with Crippen LogP contribution in [0.3, 0.4) is 0 Å². The number of carbonyl (C=O) groups is 1. The van der Waals surface area contributed by atoms with Gasteiger partial charge in [-0.1, -0.05) is 6.07 Å². The van der Waals surface area contributed by atoms with Gasteiger partial charge in [-0.25, -0.2) is 4.98 Å². The number of aromatic nitrogens is 4. The van der Waals surface area contributed by atoms with Crippen LogP contribution in [0.2, 0.25) is 0 Å². The number of fused-ring (bicyclic) bond motifs is 1. The average molecular weight is 474 g/mol. The van der Waals surface area contributed by atoms with Crippen molar-refractivity contribution in [3.63, 3.8) is 0 Å². The van der Waals surface area contributed by atoms with Crippen LogP contribution in [0.1, 0.15) is 41.9 Å². The third-order valence-electron chi connectivity index (χ3n) is 5.48. The molecule has 0 radical (unpaired) electrons. The quantitative estimate of drug-likeness (QED) is 0.542. The minimum Gasteiger partial charge on any atom is -0.368 e. The van der Waals surface area contributed by atoms with Gasteiger partial charge in [-0.2, -0.15) is 31.4 Å². The first-order chi connectivity index (χ1) is 15.5. The lowest BCUT2D eigenvalue weighted by Gasteiger charge is -2.30. The predicted octanol–water partition coefficient (Wildman–Crippen LogP) is 4.27. The number of carbonyl (C=O) groups excluding carboxylic acids is 1. The number of anilines is 1. The molecule has 0 saturated heterocycles. The summed E-state index contributed by atoms with van der Waals surface area (Å²) in [6.45, 7) is -1.35. The standard InChI is InChI=1S/C20H20F6N6O/c21-19(22,23)11-32-14(8-9-27-32)18(33)29-13-6-4-12(5-7-13)28-16-2-1-3-17-30-15(10-31(16)17)20(24,25)26/h1-3,8-10,12-13,28H,4-7,11H2,(H,29,33). The zero-order valence-corrected chi connectivity index (χ0v) is 17.1. The summed E-state index contributed by atoms with van der Waals surface area (Å²) in [6, 6.07) is 5.71. The first kappa shape index (κ1) is 22.9. The van der Waals surface area contributed by atoms with Crippen molar-refractivity contribution in [3.8, 4) is 0 Å². The summed E-state index contributed by atoms with van der Waals surface area (Å²) in [5, 5.41) is 9.54. The molecule has 0 aliphatic heterocycles. The number of nitrogens with one attached hydrogen (secondary N) is 2. The Kier molecular flexibility index (Phi) is 5.97. The van der Waals surface area contributed by atoms with E-state index in [4.69, 9.17) is 0 Å². The van der Waals surface area contributed by atoms with Crippen LogP contribution in [0, 0.1) is 0 Å². The van der Waals surface area contributed by atoms with Gasteiger partial charge in [-0.3, -0.25) is 13.9 Å². The van der Waals surface area contributed by atoms with Gasteiger partial charge in [0.15, 0.2) is 5.69 Å². The smallest absolute Gasteiger partial charge is 0.368 e. The van der Waals surface area contributed by atoms with Gasteiger partial charge in [0.05, 0.1) is 0 Å². The topological polar surface area (TPSA) is 76.2 Å². The highest BCUT2D eigenvalue weighted by atomic mass is 19.4. The van der Waals surface area contributed by atoms with Crippen molar-refractivity contribution < 1.29 is 31.1 Å². The Balaban J connectivity index is 1.35. The van der Waals surface area contributed by atoms with Crippen molar-refractivity contribution in [2.45, 2.75) is 56.7 Å². The molecule has 7 nitrogen and oxygen atoms in total. The van der Waals surface area contributed by atoms with Crippen molar-refractivity contribution in [1.29, 1.82) is 0 Å². The molecule has 1 saturated carbocycles. The monoisotopic (exact) mass is 474 g/mol. The normalized spacial score (nSPS) is 19.6. The molecule has 3 aromatic rings. The SMILES string of the molecule is O=C(NC1CCC(Nc2cccc3nc(C(F)(F)F)cn23)CC1)c1ccnn1CC(F)(F)F. The van der Waals surface area contributed by atoms with Crippen molar-refractivity contribution in [3.05, 3.63) is 48.0 Å². The molecule has 33 heavy (non-hydrogen) atoms. The Labute approximate surface area is 183 Å². The third kappa shape index (κ3) is 5.40. The Bertz CT molecular complexity index is 1130. The summed E-state index contributed by atoms with van der Waals surface area (Å²) >= 11 is 0. The van der Waals surface area contributed by atoms with E-state index in [-0.39, 0.29) is 23.4 Å². The summed E-state index contributed by atoms with van der Waals surface area (Å²) < 4.78 is 78.8. The second-order valence-corrected chi connectivity index (χ2v) is 7.92. The number of pyridine rings is 1. The maximum absolute atomic E-state index is 13.0. The fourth-order valence-electron chi connectivity index (χ4n) is 3.94. The molecule has 0 spiro atoms. The van der Waals surface area contributed by atoms with Crippen molar-refractivity contribution in [2.24, 2.45) is 0 Å². The number of rotatable bonds is 5. The highest BCUT2D eigenvalue weighted by Gasteiger charge is 2.34. The maximum Gasteiger partial charge on any atom is 0.434 e. The van der Waals surface area contributed by atoms with Gasteiger partial charge in [0.1, 0.15) is 23.7 Å². The fourth-order valence-corrected chi connectivity index (χ4v) is 3.94. The van der Waals surface area contributed by atoms with E-state index in [1.165, 1.54) is 16.5 Å². The van der Waals surface area contributed by atoms with E-state index in [1.54, 1.807) is 12.1 Å². The largest absolute Gasteiger partial charge is 0.434 e. The highest BCUT2D eigenvalue weighted by molar-refractivity contribution is 5.92. The fraction of sp³-hybridized carbons (Fsp3) is 0.450. The number of nitrogens with zero attached hydrogens (tertiary/aromatic N) is 4. The van der Waals surface area contributed by atoms with E-state index in [0.29, 0.717) is 36.2 Å². The Morgan fingerprint density at radius 1 is 1.03 bits per heavy atom. The molecular formula is C20H20F6N6O. The van der Waals surface area contributed by atoms with E-state index in [1.807, 2.05) is 0 Å². The van der Waals surface area contributed by atoms with Gasteiger partial charge in [0, 0.05) is 24.5 Å². The number of hydrogen-bond acceptors (Lipinski definition) is 4. The van der Waals surface area contributed by atoms with Crippen LogP contribution in [-0.2, 0) is 12.7 Å².